The number of benzene rings is 3. The fourth-order valence-corrected chi connectivity index (χ4v) is 4.09. The molecule has 0 spiro atoms. The van der Waals surface area contributed by atoms with Gasteiger partial charge < -0.3 is 9.84 Å². The smallest absolute Gasteiger partial charge is 0.162 e. The van der Waals surface area contributed by atoms with Gasteiger partial charge in [0, 0.05) is 28.2 Å². The molecule has 0 saturated carbocycles. The number of phenolic OH excluding ortho intramolecular Hbond substituents is 1. The average molecular weight is 469 g/mol. The van der Waals surface area contributed by atoms with Crippen LogP contribution >= 0.6 is 15.9 Å². The number of para-hydroxylation sites is 1. The third-order valence-corrected chi connectivity index (χ3v) is 5.56. The number of aliphatic imine (C=N–C) groups is 1. The minimum absolute atomic E-state index is 0.116. The van der Waals surface area contributed by atoms with Gasteiger partial charge in [-0.3, -0.25) is 10.3 Å². The molecule has 0 aromatic heterocycles. The molecule has 2 unspecified atom stereocenters. The molecule has 2 atom stereocenters. The maximum atomic E-state index is 13.9. The lowest BCUT2D eigenvalue weighted by molar-refractivity contribution is 0.313. The second-order valence-corrected chi connectivity index (χ2v) is 8.01. The minimum Gasteiger partial charge on any atom is -0.504 e. The molecule has 4 rings (SSSR count). The average Bonchev–Trinajstić information content (AvgIpc) is 2.75. The van der Waals surface area contributed by atoms with E-state index in [4.69, 9.17) is 9.73 Å². The molecule has 0 radical (unpaired) electrons. The summed E-state index contributed by atoms with van der Waals surface area (Å²) in [6, 6.07) is 19.6. The molecular formula is C24H22BrFN2O2. The second kappa shape index (κ2) is 8.98. The first kappa shape index (κ1) is 20.6. The highest BCUT2D eigenvalue weighted by molar-refractivity contribution is 9.10. The maximum absolute atomic E-state index is 13.9. The fourth-order valence-electron chi connectivity index (χ4n) is 3.69. The number of hydrogen-bond acceptors (Lipinski definition) is 4. The molecule has 4 nitrogen and oxygen atoms in total. The molecular weight excluding hydrogens is 447 g/mol. The molecule has 0 aliphatic carbocycles. The molecule has 30 heavy (non-hydrogen) atoms. The van der Waals surface area contributed by atoms with Gasteiger partial charge in [0.15, 0.2) is 11.5 Å². The lowest BCUT2D eigenvalue weighted by atomic mass is 9.93. The number of nitrogens with one attached hydrogen (secondary N) is 1. The summed E-state index contributed by atoms with van der Waals surface area (Å²) < 4.78 is 20.4. The van der Waals surface area contributed by atoms with E-state index in [1.165, 1.54) is 12.1 Å². The van der Waals surface area contributed by atoms with E-state index in [1.54, 1.807) is 12.1 Å². The van der Waals surface area contributed by atoms with Gasteiger partial charge in [-0.25, -0.2) is 4.39 Å². The normalized spacial score (nSPS) is 18.7. The summed E-state index contributed by atoms with van der Waals surface area (Å²) in [5, 5.41) is 14.3. The zero-order valence-corrected chi connectivity index (χ0v) is 18.1. The number of halogens is 2. The van der Waals surface area contributed by atoms with Crippen LogP contribution < -0.4 is 10.1 Å². The van der Waals surface area contributed by atoms with Crippen molar-refractivity contribution in [1.82, 2.24) is 5.32 Å². The van der Waals surface area contributed by atoms with Gasteiger partial charge in [-0.05, 0) is 48.4 Å². The third-order valence-electron chi connectivity index (χ3n) is 5.07. The summed E-state index contributed by atoms with van der Waals surface area (Å²) in [4.78, 5) is 4.87. The van der Waals surface area contributed by atoms with Crippen LogP contribution in [0.4, 0.5) is 4.39 Å². The quantitative estimate of drug-likeness (QED) is 0.488. The molecule has 1 aliphatic heterocycles. The van der Waals surface area contributed by atoms with E-state index < -0.39 is 6.17 Å². The fraction of sp³-hybridized carbons (Fsp3) is 0.208. The van der Waals surface area contributed by atoms with Crippen molar-refractivity contribution in [3.63, 3.8) is 0 Å². The van der Waals surface area contributed by atoms with Crippen LogP contribution in [0.2, 0.25) is 0 Å². The Bertz CT molecular complexity index is 1090. The summed E-state index contributed by atoms with van der Waals surface area (Å²) in [5.74, 6) is 0.257. The number of aromatic hydroxyl groups is 1. The maximum Gasteiger partial charge on any atom is 0.162 e. The van der Waals surface area contributed by atoms with E-state index in [2.05, 4.69) is 21.2 Å². The summed E-state index contributed by atoms with van der Waals surface area (Å²) >= 11 is 3.52. The number of ether oxygens (including phenoxy) is 1. The Hall–Kier alpha value is -2.70. The van der Waals surface area contributed by atoms with Crippen molar-refractivity contribution in [3.8, 4) is 11.5 Å². The lowest BCUT2D eigenvalue weighted by Crippen LogP contribution is -2.33. The van der Waals surface area contributed by atoms with Crippen molar-refractivity contribution in [2.45, 2.75) is 25.6 Å². The van der Waals surface area contributed by atoms with Gasteiger partial charge >= 0.3 is 0 Å². The predicted octanol–water partition coefficient (Wildman–Crippen LogP) is 5.92. The van der Waals surface area contributed by atoms with Crippen LogP contribution in [0.3, 0.4) is 0 Å². The van der Waals surface area contributed by atoms with E-state index in [0.717, 1.165) is 26.9 Å². The van der Waals surface area contributed by atoms with Crippen molar-refractivity contribution in [2.75, 3.05) is 6.61 Å². The van der Waals surface area contributed by atoms with Crippen LogP contribution in [0, 0.1) is 5.82 Å². The van der Waals surface area contributed by atoms with E-state index >= 15 is 0 Å². The third kappa shape index (κ3) is 4.40. The highest BCUT2D eigenvalue weighted by atomic mass is 79.9. The van der Waals surface area contributed by atoms with Gasteiger partial charge in [-0.1, -0.05) is 52.3 Å². The standard InChI is InChI=1S/C24H22BrFN2O2/c1-2-30-22-11-5-10-19(23(22)29)21-14-20(15-6-3-8-17(25)12-15)27-24(28-21)16-7-4-9-18(26)13-16/h3-13,21,24,28-29H,2,14H2,1H3. The molecule has 1 heterocycles. The zero-order valence-electron chi connectivity index (χ0n) is 16.5. The van der Waals surface area contributed by atoms with E-state index in [0.29, 0.717) is 18.8 Å². The van der Waals surface area contributed by atoms with Crippen LogP contribution in [0.5, 0.6) is 11.5 Å². The highest BCUT2D eigenvalue weighted by Crippen LogP contribution is 2.39. The molecule has 0 fully saturated rings. The van der Waals surface area contributed by atoms with E-state index in [-0.39, 0.29) is 17.6 Å². The van der Waals surface area contributed by atoms with Crippen LogP contribution in [0.25, 0.3) is 0 Å². The Morgan fingerprint density at radius 2 is 1.93 bits per heavy atom. The highest BCUT2D eigenvalue weighted by Gasteiger charge is 2.28. The molecule has 154 valence electrons. The van der Waals surface area contributed by atoms with Crippen molar-refractivity contribution in [1.29, 1.82) is 0 Å². The molecule has 2 N–H and O–H groups in total. The van der Waals surface area contributed by atoms with Gasteiger partial charge in [0.25, 0.3) is 0 Å². The van der Waals surface area contributed by atoms with E-state index in [9.17, 15) is 9.50 Å². The largest absolute Gasteiger partial charge is 0.504 e. The number of hydrogen-bond donors (Lipinski definition) is 2. The van der Waals surface area contributed by atoms with Gasteiger partial charge in [0.2, 0.25) is 0 Å². The van der Waals surface area contributed by atoms with Crippen LogP contribution in [0.1, 0.15) is 42.2 Å². The Labute approximate surface area is 183 Å². The Balaban J connectivity index is 1.77. The molecule has 0 saturated heterocycles. The molecule has 1 aliphatic rings. The van der Waals surface area contributed by atoms with Crippen LogP contribution in [0.15, 0.2) is 76.2 Å². The molecule has 3 aromatic carbocycles. The van der Waals surface area contributed by atoms with Crippen molar-refractivity contribution < 1.29 is 14.2 Å². The monoisotopic (exact) mass is 468 g/mol. The number of phenols is 1. The van der Waals surface area contributed by atoms with Crippen LogP contribution in [-0.2, 0) is 0 Å². The van der Waals surface area contributed by atoms with Crippen molar-refractivity contribution >= 4 is 21.6 Å². The first-order valence-electron chi connectivity index (χ1n) is 9.84. The predicted molar refractivity (Wildman–Crippen MR) is 120 cm³/mol. The topological polar surface area (TPSA) is 53.8 Å². The summed E-state index contributed by atoms with van der Waals surface area (Å²) in [6.07, 6.45) is 0.134. The minimum atomic E-state index is -0.441. The van der Waals surface area contributed by atoms with Gasteiger partial charge in [-0.15, -0.1) is 0 Å². The molecule has 0 bridgehead atoms. The zero-order chi connectivity index (χ0) is 21.1. The van der Waals surface area contributed by atoms with Crippen molar-refractivity contribution in [2.24, 2.45) is 4.99 Å². The number of nitrogens with zero attached hydrogens (tertiary/aromatic N) is 1. The molecule has 6 heteroatoms. The van der Waals surface area contributed by atoms with Gasteiger partial charge in [-0.2, -0.15) is 0 Å². The Morgan fingerprint density at radius 1 is 1.13 bits per heavy atom. The first-order valence-corrected chi connectivity index (χ1v) is 10.6. The SMILES string of the molecule is CCOc1cccc(C2CC(c3cccc(Br)c3)=NC(c3cccc(F)c3)N2)c1O. The Morgan fingerprint density at radius 3 is 2.70 bits per heavy atom. The molecule has 3 aromatic rings. The summed E-state index contributed by atoms with van der Waals surface area (Å²) in [5.41, 5.74) is 3.32. The second-order valence-electron chi connectivity index (χ2n) is 7.09. The van der Waals surface area contributed by atoms with Crippen molar-refractivity contribution in [3.05, 3.63) is 93.7 Å². The summed E-state index contributed by atoms with van der Waals surface area (Å²) in [7, 11) is 0. The number of rotatable bonds is 5. The first-order chi connectivity index (χ1) is 14.5. The van der Waals surface area contributed by atoms with Gasteiger partial charge in [0.05, 0.1) is 6.61 Å². The van der Waals surface area contributed by atoms with Gasteiger partial charge in [0.1, 0.15) is 12.0 Å². The van der Waals surface area contributed by atoms with Crippen LogP contribution in [-0.4, -0.2) is 17.4 Å². The Kier molecular flexibility index (Phi) is 6.16. The lowest BCUT2D eigenvalue weighted by Gasteiger charge is -2.31. The summed E-state index contributed by atoms with van der Waals surface area (Å²) in [6.45, 7) is 2.34. The molecule has 0 amide bonds. The van der Waals surface area contributed by atoms with E-state index in [1.807, 2.05) is 49.4 Å².